The summed E-state index contributed by atoms with van der Waals surface area (Å²) in [5.74, 6) is 0.992. The van der Waals surface area contributed by atoms with Crippen LogP contribution in [0.25, 0.3) is 0 Å². The number of aliphatic imine (C=N–C) groups is 1. The Bertz CT molecular complexity index is 772. The quantitative estimate of drug-likeness (QED) is 0.381. The first-order valence-corrected chi connectivity index (χ1v) is 12.2. The summed E-state index contributed by atoms with van der Waals surface area (Å²) in [7, 11) is 0. The number of hydrogen-bond donors (Lipinski definition) is 0. The molecule has 0 fully saturated rings. The van der Waals surface area contributed by atoms with Crippen LogP contribution in [0, 0.1) is 6.92 Å². The van der Waals surface area contributed by atoms with E-state index in [-0.39, 0.29) is 6.04 Å². The summed E-state index contributed by atoms with van der Waals surface area (Å²) in [5.41, 5.74) is 5.04. The molecule has 1 atom stereocenters. The molecule has 0 saturated heterocycles. The molecule has 0 spiro atoms. The van der Waals surface area contributed by atoms with Gasteiger partial charge in [0.05, 0.1) is 11.7 Å². The number of allylic oxidation sites excluding steroid dienone is 3. The van der Waals surface area contributed by atoms with Gasteiger partial charge in [-0.1, -0.05) is 85.1 Å². The third-order valence-electron chi connectivity index (χ3n) is 5.39. The third kappa shape index (κ3) is 8.63. The predicted octanol–water partition coefficient (Wildman–Crippen LogP) is 8.31. The summed E-state index contributed by atoms with van der Waals surface area (Å²) in [6, 6.07) is 8.58. The molecule has 1 heterocycles. The molecule has 3 nitrogen and oxygen atoms in total. The maximum Gasteiger partial charge on any atom is 0.131 e. The van der Waals surface area contributed by atoms with E-state index in [1.165, 1.54) is 18.4 Å². The van der Waals surface area contributed by atoms with Gasteiger partial charge in [0.15, 0.2) is 0 Å². The van der Waals surface area contributed by atoms with Crippen molar-refractivity contribution in [3.8, 4) is 0 Å². The van der Waals surface area contributed by atoms with Crippen LogP contribution >= 0.6 is 0 Å². The third-order valence-corrected chi connectivity index (χ3v) is 5.39. The lowest BCUT2D eigenvalue weighted by Crippen LogP contribution is -2.47. The van der Waals surface area contributed by atoms with Crippen molar-refractivity contribution in [1.82, 2.24) is 4.90 Å². The molecule has 0 bridgehead atoms. The first kappa shape index (κ1) is 29.6. The van der Waals surface area contributed by atoms with E-state index >= 15 is 0 Å². The minimum Gasteiger partial charge on any atom is -0.301 e. The number of para-hydroxylation sites is 1. The number of rotatable bonds is 8. The summed E-state index contributed by atoms with van der Waals surface area (Å²) < 4.78 is 0. The van der Waals surface area contributed by atoms with E-state index in [1.807, 2.05) is 19.9 Å². The number of hydrogen-bond acceptors (Lipinski definition) is 3. The molecule has 0 saturated carbocycles. The molecule has 0 amide bonds. The van der Waals surface area contributed by atoms with Crippen LogP contribution in [0.1, 0.15) is 72.8 Å². The molecule has 0 N–H and O–H groups in total. The zero-order valence-corrected chi connectivity index (χ0v) is 21.9. The van der Waals surface area contributed by atoms with Crippen LogP contribution in [0.5, 0.6) is 0 Å². The average Bonchev–Trinajstić information content (AvgIpc) is 2.91. The van der Waals surface area contributed by atoms with Crippen LogP contribution in [-0.2, 0) is 0 Å². The molecule has 0 aromatic heterocycles. The van der Waals surface area contributed by atoms with Crippen molar-refractivity contribution in [2.45, 2.75) is 80.2 Å². The standard InChI is InChI=1S/C23H33N3.C4H8.C2H6/c1-8-10-15-25(9-2)21(7)23-24-20(6)18(4)16-19(5)26(23)22-14-12-11-13-17(22)3;1-3-4-2;1-2/h11-14,21H,4-6,8-10,15-16H2,1-3,7H3;3H,1,4H2,2H3;1-2H3. The van der Waals surface area contributed by atoms with E-state index in [2.05, 4.69) is 95.0 Å². The number of aryl methyl sites for hydroxylation is 1. The lowest BCUT2D eigenvalue weighted by atomic mass is 10.1. The smallest absolute Gasteiger partial charge is 0.131 e. The van der Waals surface area contributed by atoms with E-state index in [9.17, 15) is 0 Å². The van der Waals surface area contributed by atoms with E-state index < -0.39 is 0 Å². The van der Waals surface area contributed by atoms with Gasteiger partial charge in [0.25, 0.3) is 0 Å². The summed E-state index contributed by atoms with van der Waals surface area (Å²) in [4.78, 5) is 9.62. The van der Waals surface area contributed by atoms with Crippen LogP contribution in [0.3, 0.4) is 0 Å². The maximum atomic E-state index is 4.93. The topological polar surface area (TPSA) is 18.8 Å². The average molecular weight is 438 g/mol. The maximum absolute atomic E-state index is 4.93. The summed E-state index contributed by atoms with van der Waals surface area (Å²) in [6.45, 7) is 33.1. The van der Waals surface area contributed by atoms with Gasteiger partial charge in [-0.25, -0.2) is 4.99 Å². The highest BCUT2D eigenvalue weighted by atomic mass is 15.3. The molecule has 1 aliphatic rings. The van der Waals surface area contributed by atoms with Gasteiger partial charge in [-0.2, -0.15) is 0 Å². The normalized spacial score (nSPS) is 14.6. The molecule has 32 heavy (non-hydrogen) atoms. The zero-order valence-electron chi connectivity index (χ0n) is 21.9. The Morgan fingerprint density at radius 3 is 2.22 bits per heavy atom. The second-order valence-corrected chi connectivity index (χ2v) is 7.74. The largest absolute Gasteiger partial charge is 0.301 e. The van der Waals surface area contributed by atoms with Gasteiger partial charge in [0.2, 0.25) is 0 Å². The number of unbranched alkanes of at least 4 members (excludes halogenated alkanes) is 1. The van der Waals surface area contributed by atoms with Gasteiger partial charge >= 0.3 is 0 Å². The van der Waals surface area contributed by atoms with E-state index in [1.54, 1.807) is 0 Å². The van der Waals surface area contributed by atoms with Gasteiger partial charge in [-0.3, -0.25) is 4.90 Å². The Hall–Kier alpha value is -2.39. The highest BCUT2D eigenvalue weighted by molar-refractivity contribution is 6.05. The Labute approximate surface area is 198 Å². The van der Waals surface area contributed by atoms with Crippen molar-refractivity contribution in [1.29, 1.82) is 0 Å². The van der Waals surface area contributed by atoms with Gasteiger partial charge in [0, 0.05) is 17.8 Å². The molecule has 2 rings (SSSR count). The Balaban J connectivity index is 0.00000144. The SMILES string of the molecule is C=C1CC(=C)N(c2ccccc2C)C(C(C)N(CC)CCCC)=NC1=C.C=CCC.CC. The lowest BCUT2D eigenvalue weighted by Gasteiger charge is -2.36. The molecule has 1 aliphatic heterocycles. The zero-order chi connectivity index (χ0) is 24.7. The summed E-state index contributed by atoms with van der Waals surface area (Å²) in [5, 5.41) is 0. The molecule has 1 unspecified atom stereocenters. The van der Waals surface area contributed by atoms with Gasteiger partial charge in [0.1, 0.15) is 5.84 Å². The van der Waals surface area contributed by atoms with E-state index in [0.29, 0.717) is 6.42 Å². The van der Waals surface area contributed by atoms with Crippen molar-refractivity contribution in [2.75, 3.05) is 18.0 Å². The second-order valence-electron chi connectivity index (χ2n) is 7.74. The van der Waals surface area contributed by atoms with Crippen LogP contribution in [0.15, 0.2) is 78.6 Å². The number of benzene rings is 1. The Morgan fingerprint density at radius 1 is 1.12 bits per heavy atom. The second kappa shape index (κ2) is 16.3. The van der Waals surface area contributed by atoms with Crippen LogP contribution in [0.4, 0.5) is 5.69 Å². The molecular weight excluding hydrogens is 390 g/mol. The summed E-state index contributed by atoms with van der Waals surface area (Å²) in [6.07, 6.45) is 6.02. The number of amidine groups is 1. The van der Waals surface area contributed by atoms with Crippen molar-refractivity contribution in [2.24, 2.45) is 4.99 Å². The van der Waals surface area contributed by atoms with Crippen LogP contribution < -0.4 is 4.90 Å². The molecule has 178 valence electrons. The van der Waals surface area contributed by atoms with Gasteiger partial charge in [-0.05, 0) is 57.0 Å². The fraction of sp³-hybridized carbons (Fsp3) is 0.483. The van der Waals surface area contributed by atoms with Crippen molar-refractivity contribution in [3.63, 3.8) is 0 Å². The van der Waals surface area contributed by atoms with Crippen LogP contribution in [-0.4, -0.2) is 29.9 Å². The van der Waals surface area contributed by atoms with Crippen molar-refractivity contribution < 1.29 is 0 Å². The lowest BCUT2D eigenvalue weighted by molar-refractivity contribution is 0.261. The van der Waals surface area contributed by atoms with Gasteiger partial charge < -0.3 is 4.90 Å². The first-order chi connectivity index (χ1) is 15.3. The Kier molecular flexibility index (Phi) is 15.1. The highest BCUT2D eigenvalue weighted by Gasteiger charge is 2.29. The van der Waals surface area contributed by atoms with Crippen LogP contribution in [0.2, 0.25) is 0 Å². The molecule has 0 radical (unpaired) electrons. The van der Waals surface area contributed by atoms with Gasteiger partial charge in [-0.15, -0.1) is 6.58 Å². The van der Waals surface area contributed by atoms with E-state index in [0.717, 1.165) is 48.0 Å². The fourth-order valence-corrected chi connectivity index (χ4v) is 3.40. The number of nitrogens with zero attached hydrogens (tertiary/aromatic N) is 3. The predicted molar refractivity (Wildman–Crippen MR) is 147 cm³/mol. The van der Waals surface area contributed by atoms with Crippen molar-refractivity contribution in [3.05, 3.63) is 79.2 Å². The van der Waals surface area contributed by atoms with Crippen molar-refractivity contribution >= 4 is 11.5 Å². The number of likely N-dealkylation sites (N-methyl/N-ethyl adjacent to an activating group) is 1. The first-order valence-electron chi connectivity index (χ1n) is 12.2. The highest BCUT2D eigenvalue weighted by Crippen LogP contribution is 2.32. The molecular formula is C29H47N3. The van der Waals surface area contributed by atoms with E-state index in [4.69, 9.17) is 4.99 Å². The molecule has 1 aromatic rings. The monoisotopic (exact) mass is 437 g/mol. The minimum atomic E-state index is 0.172. The minimum absolute atomic E-state index is 0.172. The molecule has 1 aromatic carbocycles. The molecule has 0 aliphatic carbocycles. The Morgan fingerprint density at radius 2 is 1.72 bits per heavy atom. The molecule has 3 heteroatoms. The number of anilines is 1. The summed E-state index contributed by atoms with van der Waals surface area (Å²) >= 11 is 0. The fourth-order valence-electron chi connectivity index (χ4n) is 3.40.